The van der Waals surface area contributed by atoms with Crippen LogP contribution in [-0.4, -0.2) is 55.7 Å². The summed E-state index contributed by atoms with van der Waals surface area (Å²) in [4.78, 5) is 25.2. The largest absolute Gasteiger partial charge is 0.497 e. The Morgan fingerprint density at radius 2 is 0.839 bits per heavy atom. The first-order chi connectivity index (χ1) is 27.0. The molecule has 10 nitrogen and oxygen atoms in total. The third kappa shape index (κ3) is 11.2. The standard InChI is InChI=1S/2C22H27NO4S/c2*1-27-20-13-15-21(16-14-20)28(25,26)23(19-10-3-2-4-11-19)17-7-12-22(24)18-8-5-6-9-18/h2*2-4,10-11,13-16,18H,5-9,12,17H2,1H3. The van der Waals surface area contributed by atoms with Crippen molar-refractivity contribution >= 4 is 43.0 Å². The molecule has 0 aliphatic heterocycles. The fraction of sp³-hybridized carbons (Fsp3) is 0.409. The fourth-order valence-electron chi connectivity index (χ4n) is 7.41. The maximum absolute atomic E-state index is 13.3. The lowest BCUT2D eigenvalue weighted by molar-refractivity contribution is -0.123. The molecule has 2 aliphatic carbocycles. The summed E-state index contributed by atoms with van der Waals surface area (Å²) in [7, 11) is -4.37. The molecule has 0 aromatic heterocycles. The lowest BCUT2D eigenvalue weighted by atomic mass is 9.99. The zero-order valence-corrected chi connectivity index (χ0v) is 34.1. The molecular formula is C44H54N2O8S2. The van der Waals surface area contributed by atoms with Crippen molar-refractivity contribution in [2.75, 3.05) is 35.9 Å². The fourth-order valence-corrected chi connectivity index (χ4v) is 10.4. The van der Waals surface area contributed by atoms with Crippen molar-refractivity contribution in [2.24, 2.45) is 11.8 Å². The summed E-state index contributed by atoms with van der Waals surface area (Å²) in [6.07, 6.45) is 10.3. The molecule has 4 aromatic rings. The van der Waals surface area contributed by atoms with Gasteiger partial charge in [0.1, 0.15) is 23.1 Å². The summed E-state index contributed by atoms with van der Waals surface area (Å²) in [6.45, 7) is 0.549. The van der Waals surface area contributed by atoms with Crippen molar-refractivity contribution in [1.82, 2.24) is 0 Å². The molecule has 0 saturated heterocycles. The normalized spacial score (nSPS) is 14.8. The molecule has 6 rings (SSSR count). The Bertz CT molecular complexity index is 1900. The van der Waals surface area contributed by atoms with Crippen LogP contribution >= 0.6 is 0 Å². The second-order valence-corrected chi connectivity index (χ2v) is 18.0. The van der Waals surface area contributed by atoms with E-state index in [4.69, 9.17) is 9.47 Å². The van der Waals surface area contributed by atoms with Crippen molar-refractivity contribution in [3.8, 4) is 11.5 Å². The Morgan fingerprint density at radius 1 is 0.518 bits per heavy atom. The molecule has 56 heavy (non-hydrogen) atoms. The first-order valence-corrected chi connectivity index (χ1v) is 22.4. The molecule has 2 saturated carbocycles. The van der Waals surface area contributed by atoms with E-state index in [0.717, 1.165) is 51.4 Å². The van der Waals surface area contributed by atoms with Crippen LogP contribution < -0.4 is 18.1 Å². The number of methoxy groups -OCH3 is 2. The third-order valence-corrected chi connectivity index (χ3v) is 14.3. The van der Waals surface area contributed by atoms with Crippen molar-refractivity contribution < 1.29 is 35.9 Å². The molecule has 2 aliphatic rings. The second kappa shape index (κ2) is 20.5. The van der Waals surface area contributed by atoms with Crippen LogP contribution in [0.4, 0.5) is 11.4 Å². The van der Waals surface area contributed by atoms with Gasteiger partial charge in [0.2, 0.25) is 0 Å². The van der Waals surface area contributed by atoms with Gasteiger partial charge in [-0.15, -0.1) is 0 Å². The van der Waals surface area contributed by atoms with Crippen molar-refractivity contribution in [1.29, 1.82) is 0 Å². The predicted octanol–water partition coefficient (Wildman–Crippen LogP) is 8.86. The van der Waals surface area contributed by atoms with Gasteiger partial charge < -0.3 is 9.47 Å². The molecule has 12 heteroatoms. The van der Waals surface area contributed by atoms with Crippen LogP contribution in [0.25, 0.3) is 0 Å². The van der Waals surface area contributed by atoms with Gasteiger partial charge in [0.15, 0.2) is 0 Å². The molecule has 2 fully saturated rings. The van der Waals surface area contributed by atoms with Gasteiger partial charge in [-0.3, -0.25) is 18.2 Å². The number of para-hydroxylation sites is 2. The van der Waals surface area contributed by atoms with Gasteiger partial charge in [-0.2, -0.15) is 0 Å². The molecule has 0 spiro atoms. The minimum atomic E-state index is -3.73. The first-order valence-electron chi connectivity index (χ1n) is 19.5. The van der Waals surface area contributed by atoms with Crippen molar-refractivity contribution in [2.45, 2.75) is 86.8 Å². The predicted molar refractivity (Wildman–Crippen MR) is 220 cm³/mol. The number of carbonyl (C=O) groups is 2. The van der Waals surface area contributed by atoms with E-state index in [-0.39, 0.29) is 46.3 Å². The average molecular weight is 803 g/mol. The summed E-state index contributed by atoms with van der Waals surface area (Å²) in [6, 6.07) is 30.8. The molecule has 0 atom stereocenters. The number of ketones is 2. The molecule has 0 radical (unpaired) electrons. The van der Waals surface area contributed by atoms with Crippen LogP contribution in [0.2, 0.25) is 0 Å². The number of rotatable bonds is 18. The molecule has 0 N–H and O–H groups in total. The van der Waals surface area contributed by atoms with E-state index in [2.05, 4.69) is 0 Å². The van der Waals surface area contributed by atoms with Gasteiger partial charge in [0.25, 0.3) is 20.0 Å². The van der Waals surface area contributed by atoms with Crippen LogP contribution in [0.1, 0.15) is 77.0 Å². The number of ether oxygens (including phenoxy) is 2. The van der Waals surface area contributed by atoms with E-state index in [1.165, 1.54) is 8.61 Å². The number of sulfonamides is 2. The number of carbonyl (C=O) groups excluding carboxylic acids is 2. The molecule has 0 amide bonds. The quantitative estimate of drug-likeness (QED) is 0.0977. The molecule has 0 bridgehead atoms. The summed E-state index contributed by atoms with van der Waals surface area (Å²) in [5.41, 5.74) is 1.21. The highest BCUT2D eigenvalue weighted by atomic mass is 32.2. The van der Waals surface area contributed by atoms with E-state index in [9.17, 15) is 26.4 Å². The highest BCUT2D eigenvalue weighted by molar-refractivity contribution is 7.93. The molecule has 4 aromatic carbocycles. The van der Waals surface area contributed by atoms with E-state index in [0.29, 0.717) is 48.6 Å². The number of anilines is 2. The van der Waals surface area contributed by atoms with Gasteiger partial charge in [-0.1, -0.05) is 62.1 Å². The average Bonchev–Trinajstić information content (AvgIpc) is 3.98. The summed E-state index contributed by atoms with van der Waals surface area (Å²) in [5.74, 6) is 2.09. The monoisotopic (exact) mass is 802 g/mol. The zero-order valence-electron chi connectivity index (χ0n) is 32.4. The highest BCUT2D eigenvalue weighted by Crippen LogP contribution is 2.30. The van der Waals surface area contributed by atoms with Crippen LogP contribution in [-0.2, 0) is 29.6 Å². The third-order valence-electron chi connectivity index (χ3n) is 10.6. The second-order valence-electron chi connectivity index (χ2n) is 14.3. The van der Waals surface area contributed by atoms with Crippen LogP contribution in [0, 0.1) is 11.8 Å². The molecule has 0 unspecified atom stereocenters. The number of benzene rings is 4. The lowest BCUT2D eigenvalue weighted by Crippen LogP contribution is -2.32. The van der Waals surface area contributed by atoms with Gasteiger partial charge in [0, 0.05) is 37.8 Å². The molecule has 0 heterocycles. The van der Waals surface area contributed by atoms with E-state index in [1.807, 2.05) is 36.4 Å². The van der Waals surface area contributed by atoms with Gasteiger partial charge in [0.05, 0.1) is 35.4 Å². The Morgan fingerprint density at radius 3 is 1.14 bits per heavy atom. The van der Waals surface area contributed by atoms with E-state index in [1.54, 1.807) is 87.0 Å². The Hall–Kier alpha value is -4.68. The lowest BCUT2D eigenvalue weighted by Gasteiger charge is -2.25. The van der Waals surface area contributed by atoms with Gasteiger partial charge >= 0.3 is 0 Å². The molecular weight excluding hydrogens is 749 g/mol. The maximum atomic E-state index is 13.3. The Labute approximate surface area is 332 Å². The maximum Gasteiger partial charge on any atom is 0.264 e. The minimum Gasteiger partial charge on any atom is -0.497 e. The van der Waals surface area contributed by atoms with E-state index >= 15 is 0 Å². The number of nitrogens with zero attached hydrogens (tertiary/aromatic N) is 2. The van der Waals surface area contributed by atoms with Crippen molar-refractivity contribution in [3.63, 3.8) is 0 Å². The highest BCUT2D eigenvalue weighted by Gasteiger charge is 2.28. The minimum absolute atomic E-state index is 0.170. The smallest absolute Gasteiger partial charge is 0.264 e. The van der Waals surface area contributed by atoms with Gasteiger partial charge in [-0.25, -0.2) is 16.8 Å². The topological polar surface area (TPSA) is 127 Å². The molecule has 300 valence electrons. The van der Waals surface area contributed by atoms with Crippen LogP contribution in [0.3, 0.4) is 0 Å². The SMILES string of the molecule is COc1ccc(S(=O)(=O)N(CCCC(=O)C2CCCC2)c2ccccc2)cc1.COc1ccc(S(=O)(=O)N(CCCC(=O)C2CCCC2)c2ccccc2)cc1. The Balaban J connectivity index is 0.000000214. The van der Waals surface area contributed by atoms with Gasteiger partial charge in [-0.05, 0) is 111 Å². The van der Waals surface area contributed by atoms with Crippen LogP contribution in [0.15, 0.2) is 119 Å². The van der Waals surface area contributed by atoms with Crippen LogP contribution in [0.5, 0.6) is 11.5 Å². The van der Waals surface area contributed by atoms with Crippen molar-refractivity contribution in [3.05, 3.63) is 109 Å². The summed E-state index contributed by atoms with van der Waals surface area (Å²) >= 11 is 0. The Kier molecular flexibility index (Phi) is 15.5. The first kappa shape index (κ1) is 42.5. The number of hydrogen-bond donors (Lipinski definition) is 0. The summed E-state index contributed by atoms with van der Waals surface area (Å²) < 4.78 is 66.1. The number of Topliss-reactive ketones (excluding diaryl/α,β-unsaturated/α-hetero) is 2. The van der Waals surface area contributed by atoms with E-state index < -0.39 is 20.0 Å². The summed E-state index contributed by atoms with van der Waals surface area (Å²) in [5, 5.41) is 0. The zero-order chi connectivity index (χ0) is 40.0. The number of hydrogen-bond acceptors (Lipinski definition) is 8.